The molecule has 3 rings (SSSR count). The largest absolute Gasteiger partial charge is 0.506 e. The predicted octanol–water partition coefficient (Wildman–Crippen LogP) is 0.243. The number of rotatable bonds is 5. The summed E-state index contributed by atoms with van der Waals surface area (Å²) in [5, 5.41) is 18.4. The molecule has 0 aliphatic carbocycles. The molecule has 124 valence electrons. The highest BCUT2D eigenvalue weighted by Crippen LogP contribution is 2.40. The van der Waals surface area contributed by atoms with Crippen LogP contribution in [0.2, 0.25) is 0 Å². The molecule has 6 N–H and O–H groups in total. The Kier molecular flexibility index (Phi) is 4.22. The van der Waals surface area contributed by atoms with Crippen LogP contribution in [0.15, 0.2) is 21.4 Å². The standard InChI is InChI=1S/C12H10N6O4S2/c13-10(22)7-8-9(4(19)1-5(20)16-8)24-11(7)23-2-6(21)17-12-14-3-15-18-12/h1,3H,2H2,(H2,13,22)(H2,16,19,20)(H2,14,15,17,18,21). The van der Waals surface area contributed by atoms with Crippen LogP contribution in [0.4, 0.5) is 5.95 Å². The van der Waals surface area contributed by atoms with E-state index in [9.17, 15) is 19.5 Å². The first-order valence-corrected chi connectivity index (χ1v) is 8.22. The van der Waals surface area contributed by atoms with Crippen LogP contribution < -0.4 is 16.6 Å². The summed E-state index contributed by atoms with van der Waals surface area (Å²) < 4.78 is 0.740. The second-order valence-corrected chi connectivity index (χ2v) is 6.79. The number of nitrogens with one attached hydrogen (secondary N) is 3. The second kappa shape index (κ2) is 6.33. The van der Waals surface area contributed by atoms with Crippen molar-refractivity contribution in [3.8, 4) is 5.75 Å². The van der Waals surface area contributed by atoms with Crippen LogP contribution >= 0.6 is 23.1 Å². The van der Waals surface area contributed by atoms with E-state index in [-0.39, 0.29) is 34.4 Å². The zero-order valence-electron chi connectivity index (χ0n) is 11.8. The monoisotopic (exact) mass is 366 g/mol. The molecule has 3 heterocycles. The number of aromatic nitrogens is 4. The molecule has 0 aliphatic heterocycles. The van der Waals surface area contributed by atoms with Crippen molar-refractivity contribution >= 4 is 51.1 Å². The minimum Gasteiger partial charge on any atom is -0.506 e. The van der Waals surface area contributed by atoms with Gasteiger partial charge in [0.1, 0.15) is 12.1 Å². The van der Waals surface area contributed by atoms with E-state index in [4.69, 9.17) is 5.73 Å². The lowest BCUT2D eigenvalue weighted by Crippen LogP contribution is -2.16. The number of fused-ring (bicyclic) bond motifs is 1. The van der Waals surface area contributed by atoms with Crippen molar-refractivity contribution in [1.29, 1.82) is 0 Å². The maximum atomic E-state index is 11.9. The lowest BCUT2D eigenvalue weighted by Gasteiger charge is -2.01. The Balaban J connectivity index is 1.87. The lowest BCUT2D eigenvalue weighted by molar-refractivity contribution is -0.113. The normalized spacial score (nSPS) is 10.8. The fourth-order valence-corrected chi connectivity index (χ4v) is 4.20. The minimum absolute atomic E-state index is 0.0290. The van der Waals surface area contributed by atoms with Crippen LogP contribution in [0.3, 0.4) is 0 Å². The predicted molar refractivity (Wildman–Crippen MR) is 88.4 cm³/mol. The maximum Gasteiger partial charge on any atom is 0.252 e. The van der Waals surface area contributed by atoms with Crippen LogP contribution in [-0.4, -0.2) is 42.8 Å². The number of amides is 2. The number of nitrogens with two attached hydrogens (primary N) is 1. The maximum absolute atomic E-state index is 11.9. The van der Waals surface area contributed by atoms with Crippen molar-refractivity contribution in [1.82, 2.24) is 20.2 Å². The fourth-order valence-electron chi connectivity index (χ4n) is 1.95. The number of anilines is 1. The lowest BCUT2D eigenvalue weighted by atomic mass is 10.2. The SMILES string of the molecule is NC(=O)c1c(SCC(=O)Nc2ncn[nH]2)sc2c(O)cc(=O)[nH]c12. The third-order valence-electron chi connectivity index (χ3n) is 2.88. The van der Waals surface area contributed by atoms with Crippen LogP contribution in [0, 0.1) is 0 Å². The van der Waals surface area contributed by atoms with Gasteiger partial charge in [-0.05, 0) is 0 Å². The van der Waals surface area contributed by atoms with Crippen molar-refractivity contribution in [3.63, 3.8) is 0 Å². The number of pyridine rings is 1. The van der Waals surface area contributed by atoms with Crippen LogP contribution in [0.25, 0.3) is 10.2 Å². The Hall–Kier alpha value is -2.86. The molecule has 24 heavy (non-hydrogen) atoms. The third-order valence-corrected chi connectivity index (χ3v) is 5.36. The molecule has 0 unspecified atom stereocenters. The highest BCUT2D eigenvalue weighted by atomic mass is 32.2. The van der Waals surface area contributed by atoms with Gasteiger partial charge in [0, 0.05) is 6.07 Å². The van der Waals surface area contributed by atoms with Crippen LogP contribution in [0.5, 0.6) is 5.75 Å². The van der Waals surface area contributed by atoms with Gasteiger partial charge in [-0.2, -0.15) is 10.1 Å². The minimum atomic E-state index is -0.763. The van der Waals surface area contributed by atoms with E-state index in [1.165, 1.54) is 6.33 Å². The van der Waals surface area contributed by atoms with E-state index in [1.807, 2.05) is 0 Å². The molecule has 0 saturated carbocycles. The topological polar surface area (TPSA) is 167 Å². The summed E-state index contributed by atoms with van der Waals surface area (Å²) in [4.78, 5) is 41.3. The molecule has 12 heteroatoms. The molecule has 0 saturated heterocycles. The van der Waals surface area contributed by atoms with Gasteiger partial charge in [-0.1, -0.05) is 0 Å². The Labute approximate surface area is 141 Å². The zero-order valence-corrected chi connectivity index (χ0v) is 13.5. The van der Waals surface area contributed by atoms with Crippen LogP contribution in [0.1, 0.15) is 10.4 Å². The first-order chi connectivity index (χ1) is 11.5. The number of nitrogens with zero attached hydrogens (tertiary/aromatic N) is 2. The number of carbonyl (C=O) groups excluding carboxylic acids is 2. The second-order valence-electron chi connectivity index (χ2n) is 4.52. The van der Waals surface area contributed by atoms with Gasteiger partial charge in [0.15, 0.2) is 0 Å². The number of carbonyl (C=O) groups is 2. The zero-order chi connectivity index (χ0) is 17.3. The highest BCUT2D eigenvalue weighted by molar-refractivity contribution is 8.02. The summed E-state index contributed by atoms with van der Waals surface area (Å²) in [6.45, 7) is 0. The summed E-state index contributed by atoms with van der Waals surface area (Å²) in [6.07, 6.45) is 1.25. The molecule has 0 fully saturated rings. The van der Waals surface area contributed by atoms with E-state index >= 15 is 0 Å². The number of thioether (sulfide) groups is 1. The number of aromatic hydroxyl groups is 1. The Morgan fingerprint density at radius 2 is 2.25 bits per heavy atom. The summed E-state index contributed by atoms with van der Waals surface area (Å²) in [7, 11) is 0. The Bertz CT molecular complexity index is 978. The number of hydrogen-bond donors (Lipinski definition) is 5. The van der Waals surface area contributed by atoms with Gasteiger partial charge in [0.25, 0.3) is 11.5 Å². The van der Waals surface area contributed by atoms with Crippen molar-refractivity contribution < 1.29 is 14.7 Å². The number of thiophene rings is 1. The smallest absolute Gasteiger partial charge is 0.252 e. The summed E-state index contributed by atoms with van der Waals surface area (Å²) in [5.74, 6) is -1.21. The average Bonchev–Trinajstić information content (AvgIpc) is 3.12. The van der Waals surface area contributed by atoms with Gasteiger partial charge in [-0.3, -0.25) is 19.7 Å². The average molecular weight is 366 g/mol. The number of primary amides is 1. The van der Waals surface area contributed by atoms with Crippen molar-refractivity contribution in [3.05, 3.63) is 28.3 Å². The number of hydrogen-bond acceptors (Lipinski definition) is 8. The molecule has 0 radical (unpaired) electrons. The van der Waals surface area contributed by atoms with Gasteiger partial charge in [-0.25, -0.2) is 5.10 Å². The van der Waals surface area contributed by atoms with Gasteiger partial charge in [0.05, 0.1) is 25.7 Å². The van der Waals surface area contributed by atoms with E-state index < -0.39 is 11.5 Å². The molecular weight excluding hydrogens is 356 g/mol. The molecule has 0 bridgehead atoms. The molecule has 3 aromatic heterocycles. The van der Waals surface area contributed by atoms with Gasteiger partial charge in [-0.15, -0.1) is 23.1 Å². The third kappa shape index (κ3) is 3.09. The van der Waals surface area contributed by atoms with Gasteiger partial charge >= 0.3 is 0 Å². The molecule has 10 nitrogen and oxygen atoms in total. The Morgan fingerprint density at radius 3 is 2.92 bits per heavy atom. The Morgan fingerprint density at radius 1 is 1.46 bits per heavy atom. The summed E-state index contributed by atoms with van der Waals surface area (Å²) >= 11 is 2.12. The quantitative estimate of drug-likeness (QED) is 0.403. The molecule has 3 aromatic rings. The summed E-state index contributed by atoms with van der Waals surface area (Å²) in [5.41, 5.74) is 5.05. The first-order valence-electron chi connectivity index (χ1n) is 6.42. The molecule has 0 aliphatic rings. The first kappa shape index (κ1) is 16.0. The van der Waals surface area contributed by atoms with E-state index in [0.717, 1.165) is 29.2 Å². The van der Waals surface area contributed by atoms with Gasteiger partial charge in [0.2, 0.25) is 11.9 Å². The molecule has 0 atom stereocenters. The molecule has 0 spiro atoms. The fraction of sp³-hybridized carbons (Fsp3) is 0.0833. The highest BCUT2D eigenvalue weighted by Gasteiger charge is 2.21. The number of H-pyrrole nitrogens is 2. The van der Waals surface area contributed by atoms with Crippen molar-refractivity contribution in [2.75, 3.05) is 11.1 Å². The molecule has 0 aromatic carbocycles. The van der Waals surface area contributed by atoms with Crippen molar-refractivity contribution in [2.45, 2.75) is 4.21 Å². The van der Waals surface area contributed by atoms with Crippen molar-refractivity contribution in [2.24, 2.45) is 5.73 Å². The van der Waals surface area contributed by atoms with E-state index in [2.05, 4.69) is 25.5 Å². The number of aromatic amines is 2. The molecular formula is C12H10N6O4S2. The van der Waals surface area contributed by atoms with E-state index in [0.29, 0.717) is 8.91 Å². The van der Waals surface area contributed by atoms with Gasteiger partial charge < -0.3 is 15.8 Å². The molecule has 2 amide bonds. The summed E-state index contributed by atoms with van der Waals surface area (Å²) in [6, 6.07) is 1.01. The van der Waals surface area contributed by atoms with E-state index in [1.54, 1.807) is 0 Å². The van der Waals surface area contributed by atoms with Crippen LogP contribution in [-0.2, 0) is 4.79 Å².